The molecule has 1 atom stereocenters. The van der Waals surface area contributed by atoms with Crippen LogP contribution in [0.2, 0.25) is 10.0 Å². The van der Waals surface area contributed by atoms with Crippen LogP contribution < -0.4 is 10.1 Å². The van der Waals surface area contributed by atoms with E-state index in [0.717, 1.165) is 16.9 Å². The minimum atomic E-state index is -0.799. The smallest absolute Gasteiger partial charge is 0.251 e. The maximum Gasteiger partial charge on any atom is 0.251 e. The van der Waals surface area contributed by atoms with Crippen molar-refractivity contribution in [1.29, 1.82) is 0 Å². The maximum atomic E-state index is 12.3. The fourth-order valence-corrected chi connectivity index (χ4v) is 4.00. The van der Waals surface area contributed by atoms with Gasteiger partial charge in [0.2, 0.25) is 0 Å². The Morgan fingerprint density at radius 2 is 1.82 bits per heavy atom. The van der Waals surface area contributed by atoms with Gasteiger partial charge in [0.05, 0.1) is 22.6 Å². The number of aliphatic hydroxyl groups is 1. The number of carbonyl (C=O) groups excluding carboxylic acids is 1. The largest absolute Gasteiger partial charge is 0.489 e. The van der Waals surface area contributed by atoms with E-state index < -0.39 is 6.10 Å². The van der Waals surface area contributed by atoms with Crippen molar-refractivity contribution in [1.82, 2.24) is 14.9 Å². The van der Waals surface area contributed by atoms with Crippen LogP contribution >= 0.6 is 23.2 Å². The van der Waals surface area contributed by atoms with Gasteiger partial charge in [-0.3, -0.25) is 4.79 Å². The van der Waals surface area contributed by atoms with E-state index >= 15 is 0 Å². The number of imidazole rings is 1. The second-order valence-corrected chi connectivity index (χ2v) is 8.38. The van der Waals surface area contributed by atoms with Crippen molar-refractivity contribution >= 4 is 40.1 Å². The molecule has 4 aromatic rings. The van der Waals surface area contributed by atoms with Crippen molar-refractivity contribution in [2.45, 2.75) is 19.1 Å². The Morgan fingerprint density at radius 1 is 1.06 bits per heavy atom. The number of amides is 1. The molecular weight excluding hydrogens is 461 g/mol. The van der Waals surface area contributed by atoms with E-state index in [1.54, 1.807) is 30.3 Å². The molecule has 0 bridgehead atoms. The Kier molecular flexibility index (Phi) is 7.50. The summed E-state index contributed by atoms with van der Waals surface area (Å²) < 4.78 is 7.64. The van der Waals surface area contributed by atoms with Crippen LogP contribution in [0.25, 0.3) is 11.0 Å². The van der Waals surface area contributed by atoms with Gasteiger partial charge in [-0.1, -0.05) is 53.5 Å². The number of nitrogens with zero attached hydrogens (tertiary/aromatic N) is 2. The first-order valence-corrected chi connectivity index (χ1v) is 11.3. The number of nitrogens with one attached hydrogen (secondary N) is 1. The van der Waals surface area contributed by atoms with E-state index in [1.165, 1.54) is 0 Å². The minimum absolute atomic E-state index is 0.0536. The van der Waals surface area contributed by atoms with E-state index in [2.05, 4.69) is 5.32 Å². The maximum absolute atomic E-state index is 12.3. The van der Waals surface area contributed by atoms with Gasteiger partial charge in [0.15, 0.2) is 0 Å². The summed E-state index contributed by atoms with van der Waals surface area (Å²) in [6.45, 7) is 0.760. The molecule has 0 spiro atoms. The number of fused-ring (bicyclic) bond motifs is 1. The Bertz CT molecular complexity index is 1240. The van der Waals surface area contributed by atoms with Crippen molar-refractivity contribution < 1.29 is 14.6 Å². The SMILES string of the molecule is O=C(NCCc1nc2ccccc2n1C[C@@H](O)COc1ccc(Cl)cc1Cl)c1ccccc1. The quantitative estimate of drug-likeness (QED) is 0.360. The third kappa shape index (κ3) is 5.85. The molecule has 0 aliphatic carbocycles. The molecule has 0 saturated heterocycles. The van der Waals surface area contributed by atoms with Crippen LogP contribution in [0.5, 0.6) is 5.75 Å². The molecule has 6 nitrogen and oxygen atoms in total. The van der Waals surface area contributed by atoms with E-state index in [1.807, 2.05) is 47.0 Å². The summed E-state index contributed by atoms with van der Waals surface area (Å²) >= 11 is 12.1. The van der Waals surface area contributed by atoms with E-state index in [-0.39, 0.29) is 19.1 Å². The molecule has 33 heavy (non-hydrogen) atoms. The molecule has 0 radical (unpaired) electrons. The minimum Gasteiger partial charge on any atom is -0.489 e. The number of hydrogen-bond acceptors (Lipinski definition) is 4. The molecule has 8 heteroatoms. The summed E-state index contributed by atoms with van der Waals surface area (Å²) in [5.74, 6) is 1.10. The molecule has 4 rings (SSSR count). The Hall–Kier alpha value is -3.06. The number of halogens is 2. The van der Waals surface area contributed by atoms with Crippen molar-refractivity contribution in [3.05, 3.63) is 94.2 Å². The number of rotatable bonds is 9. The lowest BCUT2D eigenvalue weighted by Crippen LogP contribution is -2.28. The summed E-state index contributed by atoms with van der Waals surface area (Å²) in [5.41, 5.74) is 2.35. The van der Waals surface area contributed by atoms with Crippen LogP contribution in [0, 0.1) is 0 Å². The molecule has 0 aliphatic rings. The predicted octanol–water partition coefficient (Wildman–Crippen LogP) is 4.76. The third-order valence-electron chi connectivity index (χ3n) is 5.12. The molecule has 0 fully saturated rings. The summed E-state index contributed by atoms with van der Waals surface area (Å²) in [6.07, 6.45) is -0.281. The number of carbonyl (C=O) groups is 1. The van der Waals surface area contributed by atoms with Crippen LogP contribution in [0.1, 0.15) is 16.2 Å². The first-order valence-electron chi connectivity index (χ1n) is 10.5. The van der Waals surface area contributed by atoms with Gasteiger partial charge in [0.1, 0.15) is 24.3 Å². The molecule has 1 heterocycles. The van der Waals surface area contributed by atoms with Crippen LogP contribution in [-0.4, -0.2) is 39.8 Å². The number of ether oxygens (including phenoxy) is 1. The second-order valence-electron chi connectivity index (χ2n) is 7.54. The average molecular weight is 484 g/mol. The molecule has 3 aromatic carbocycles. The van der Waals surface area contributed by atoms with Crippen LogP contribution in [0.15, 0.2) is 72.8 Å². The molecule has 170 valence electrons. The van der Waals surface area contributed by atoms with Gasteiger partial charge in [-0.2, -0.15) is 0 Å². The molecule has 0 aliphatic heterocycles. The van der Waals surface area contributed by atoms with E-state index in [9.17, 15) is 9.90 Å². The number of hydrogen-bond donors (Lipinski definition) is 2. The fraction of sp³-hybridized carbons (Fsp3) is 0.200. The van der Waals surface area contributed by atoms with Crippen molar-refractivity contribution in [3.8, 4) is 5.75 Å². The molecule has 1 aromatic heterocycles. The van der Waals surface area contributed by atoms with Crippen LogP contribution in [0.4, 0.5) is 0 Å². The normalized spacial score (nSPS) is 12.0. The Balaban J connectivity index is 1.42. The summed E-state index contributed by atoms with van der Waals surface area (Å²) in [4.78, 5) is 17.0. The number of aliphatic hydroxyl groups excluding tert-OH is 1. The third-order valence-corrected chi connectivity index (χ3v) is 5.65. The predicted molar refractivity (Wildman–Crippen MR) is 130 cm³/mol. The summed E-state index contributed by atoms with van der Waals surface area (Å²) in [6, 6.07) is 21.7. The van der Waals surface area contributed by atoms with E-state index in [4.69, 9.17) is 32.9 Å². The van der Waals surface area contributed by atoms with Gasteiger partial charge in [0, 0.05) is 23.6 Å². The van der Waals surface area contributed by atoms with Crippen LogP contribution in [-0.2, 0) is 13.0 Å². The molecule has 0 unspecified atom stereocenters. The lowest BCUT2D eigenvalue weighted by atomic mass is 10.2. The zero-order valence-corrected chi connectivity index (χ0v) is 19.3. The van der Waals surface area contributed by atoms with Gasteiger partial charge in [-0.25, -0.2) is 4.98 Å². The second kappa shape index (κ2) is 10.7. The number of aromatic nitrogens is 2. The fourth-order valence-electron chi connectivity index (χ4n) is 3.54. The monoisotopic (exact) mass is 483 g/mol. The lowest BCUT2D eigenvalue weighted by Gasteiger charge is -2.16. The van der Waals surface area contributed by atoms with Gasteiger partial charge < -0.3 is 19.7 Å². The highest BCUT2D eigenvalue weighted by Crippen LogP contribution is 2.27. The van der Waals surface area contributed by atoms with Crippen molar-refractivity contribution in [2.24, 2.45) is 0 Å². The zero-order chi connectivity index (χ0) is 23.2. The van der Waals surface area contributed by atoms with Gasteiger partial charge in [-0.05, 0) is 42.5 Å². The molecule has 0 saturated carbocycles. The first-order chi connectivity index (χ1) is 16.0. The van der Waals surface area contributed by atoms with Gasteiger partial charge in [0.25, 0.3) is 5.91 Å². The van der Waals surface area contributed by atoms with Crippen LogP contribution in [0.3, 0.4) is 0 Å². The highest BCUT2D eigenvalue weighted by atomic mass is 35.5. The van der Waals surface area contributed by atoms with Crippen molar-refractivity contribution in [2.75, 3.05) is 13.2 Å². The van der Waals surface area contributed by atoms with Crippen molar-refractivity contribution in [3.63, 3.8) is 0 Å². The summed E-state index contributed by atoms with van der Waals surface area (Å²) in [7, 11) is 0. The standard InChI is InChI=1S/C25H23Cl2N3O3/c26-18-10-11-23(20(27)14-18)33-16-19(31)15-30-22-9-5-4-8-21(22)29-24(30)12-13-28-25(32)17-6-2-1-3-7-17/h1-11,14,19,31H,12-13,15-16H2,(H,28,32)/t19-/m1/s1. The zero-order valence-electron chi connectivity index (χ0n) is 17.7. The topological polar surface area (TPSA) is 76.4 Å². The molecule has 2 N–H and O–H groups in total. The summed E-state index contributed by atoms with van der Waals surface area (Å²) in [5, 5.41) is 14.5. The number of para-hydroxylation sites is 2. The highest BCUT2D eigenvalue weighted by Gasteiger charge is 2.16. The van der Waals surface area contributed by atoms with E-state index in [0.29, 0.717) is 34.3 Å². The first kappa shape index (κ1) is 23.1. The number of benzene rings is 3. The Morgan fingerprint density at radius 3 is 2.61 bits per heavy atom. The van der Waals surface area contributed by atoms with Gasteiger partial charge in [-0.15, -0.1) is 0 Å². The van der Waals surface area contributed by atoms with Gasteiger partial charge >= 0.3 is 0 Å². The Labute approximate surface area is 201 Å². The average Bonchev–Trinajstić information content (AvgIpc) is 3.16. The highest BCUT2D eigenvalue weighted by molar-refractivity contribution is 6.35. The molecular formula is C25H23Cl2N3O3. The molecule has 1 amide bonds. The lowest BCUT2D eigenvalue weighted by molar-refractivity contribution is 0.0923.